The highest BCUT2D eigenvalue weighted by Gasteiger charge is 2.25. The maximum atomic E-state index is 12.1. The molecular weight excluding hydrogens is 252 g/mol. The van der Waals surface area contributed by atoms with Crippen LogP contribution in [0, 0.1) is 19.3 Å². The molecule has 1 aromatic carbocycles. The number of carbonyl (C=O) groups is 2. The molecule has 0 heterocycles. The molecule has 2 amide bonds. The van der Waals surface area contributed by atoms with Crippen molar-refractivity contribution < 1.29 is 9.59 Å². The highest BCUT2D eigenvalue weighted by molar-refractivity contribution is 5.98. The predicted octanol–water partition coefficient (Wildman–Crippen LogP) is 2.79. The fourth-order valence-corrected chi connectivity index (χ4v) is 1.67. The van der Waals surface area contributed by atoms with Gasteiger partial charge in [0.05, 0.1) is 0 Å². The van der Waals surface area contributed by atoms with Crippen molar-refractivity contribution >= 4 is 17.5 Å². The Morgan fingerprint density at radius 1 is 1.15 bits per heavy atom. The maximum Gasteiger partial charge on any atom is 0.246 e. The van der Waals surface area contributed by atoms with Gasteiger partial charge in [-0.25, -0.2) is 0 Å². The number of nitrogens with one attached hydrogen (secondary N) is 2. The first-order valence-corrected chi connectivity index (χ1v) is 6.80. The summed E-state index contributed by atoms with van der Waals surface area (Å²) in [5.74, 6) is -0.352. The van der Waals surface area contributed by atoms with Gasteiger partial charge in [-0.15, -0.1) is 0 Å². The summed E-state index contributed by atoms with van der Waals surface area (Å²) in [4.78, 5) is 23.9. The van der Waals surface area contributed by atoms with Crippen LogP contribution in [0.25, 0.3) is 0 Å². The van der Waals surface area contributed by atoms with Crippen molar-refractivity contribution in [2.24, 2.45) is 5.41 Å². The van der Waals surface area contributed by atoms with Crippen LogP contribution in [0.3, 0.4) is 0 Å². The van der Waals surface area contributed by atoms with Crippen molar-refractivity contribution in [3.05, 3.63) is 29.3 Å². The van der Waals surface area contributed by atoms with Gasteiger partial charge in [-0.05, 0) is 32.4 Å². The van der Waals surface area contributed by atoms with Gasteiger partial charge in [0.15, 0.2) is 0 Å². The normalized spacial score (nSPS) is 12.7. The molecule has 0 aromatic heterocycles. The average Bonchev–Trinajstić information content (AvgIpc) is 2.31. The van der Waals surface area contributed by atoms with Gasteiger partial charge >= 0.3 is 0 Å². The van der Waals surface area contributed by atoms with Crippen LogP contribution in [0.5, 0.6) is 0 Å². The Morgan fingerprint density at radius 3 is 2.25 bits per heavy atom. The minimum Gasteiger partial charge on any atom is -0.344 e. The summed E-state index contributed by atoms with van der Waals surface area (Å²) in [6.45, 7) is 11.1. The standard InChI is InChI=1S/C16H24N2O2/c1-10-7-8-13(11(2)9-10)18-14(19)12(3)17-15(20)16(4,5)6/h7-9,12H,1-6H3,(H,17,20)(H,18,19)/t12-/m1/s1. The van der Waals surface area contributed by atoms with Crippen LogP contribution in [0.2, 0.25) is 0 Å². The first-order chi connectivity index (χ1) is 9.11. The van der Waals surface area contributed by atoms with E-state index in [-0.39, 0.29) is 11.8 Å². The van der Waals surface area contributed by atoms with E-state index in [1.54, 1.807) is 6.92 Å². The molecule has 0 unspecified atom stereocenters. The second kappa shape index (κ2) is 6.07. The Labute approximate surface area is 121 Å². The Hall–Kier alpha value is -1.84. The lowest BCUT2D eigenvalue weighted by Gasteiger charge is -2.21. The highest BCUT2D eigenvalue weighted by Crippen LogP contribution is 2.17. The predicted molar refractivity (Wildman–Crippen MR) is 81.6 cm³/mol. The fraction of sp³-hybridized carbons (Fsp3) is 0.500. The molecule has 0 aliphatic carbocycles. The second-order valence-corrected chi connectivity index (χ2v) is 6.25. The molecule has 0 saturated heterocycles. The summed E-state index contributed by atoms with van der Waals surface area (Å²) in [7, 11) is 0. The molecule has 0 saturated carbocycles. The zero-order chi connectivity index (χ0) is 15.5. The summed E-state index contributed by atoms with van der Waals surface area (Å²) in [6, 6.07) is 5.26. The van der Waals surface area contributed by atoms with E-state index in [0.717, 1.165) is 16.8 Å². The van der Waals surface area contributed by atoms with Crippen molar-refractivity contribution in [1.29, 1.82) is 0 Å². The van der Waals surface area contributed by atoms with E-state index in [1.165, 1.54) is 0 Å². The van der Waals surface area contributed by atoms with E-state index < -0.39 is 11.5 Å². The van der Waals surface area contributed by atoms with Gasteiger partial charge in [-0.1, -0.05) is 38.5 Å². The Kier molecular flexibility index (Phi) is 4.93. The van der Waals surface area contributed by atoms with E-state index >= 15 is 0 Å². The van der Waals surface area contributed by atoms with Crippen molar-refractivity contribution in [3.63, 3.8) is 0 Å². The fourth-order valence-electron chi connectivity index (χ4n) is 1.67. The summed E-state index contributed by atoms with van der Waals surface area (Å²) < 4.78 is 0. The monoisotopic (exact) mass is 276 g/mol. The van der Waals surface area contributed by atoms with E-state index in [4.69, 9.17) is 0 Å². The number of carbonyl (C=O) groups excluding carboxylic acids is 2. The van der Waals surface area contributed by atoms with Crippen LogP contribution >= 0.6 is 0 Å². The SMILES string of the molecule is Cc1ccc(NC(=O)[C@@H](C)NC(=O)C(C)(C)C)c(C)c1. The number of amides is 2. The average molecular weight is 276 g/mol. The number of rotatable bonds is 3. The Morgan fingerprint density at radius 2 is 1.75 bits per heavy atom. The zero-order valence-electron chi connectivity index (χ0n) is 13.1. The molecule has 1 atom stereocenters. The van der Waals surface area contributed by atoms with Gasteiger partial charge in [-0.3, -0.25) is 9.59 Å². The van der Waals surface area contributed by atoms with Crippen LogP contribution in [0.15, 0.2) is 18.2 Å². The summed E-state index contributed by atoms with van der Waals surface area (Å²) >= 11 is 0. The van der Waals surface area contributed by atoms with E-state index in [1.807, 2.05) is 52.8 Å². The molecule has 1 aromatic rings. The smallest absolute Gasteiger partial charge is 0.246 e. The second-order valence-electron chi connectivity index (χ2n) is 6.25. The van der Waals surface area contributed by atoms with Gasteiger partial charge < -0.3 is 10.6 Å². The topological polar surface area (TPSA) is 58.2 Å². The third-order valence-corrected chi connectivity index (χ3v) is 3.06. The van der Waals surface area contributed by atoms with Gasteiger partial charge in [0.2, 0.25) is 11.8 Å². The lowest BCUT2D eigenvalue weighted by molar-refractivity contribution is -0.131. The molecule has 4 heteroatoms. The molecule has 2 N–H and O–H groups in total. The Balaban J connectivity index is 2.69. The van der Waals surface area contributed by atoms with Crippen molar-refractivity contribution in [3.8, 4) is 0 Å². The summed E-state index contributed by atoms with van der Waals surface area (Å²) in [6.07, 6.45) is 0. The summed E-state index contributed by atoms with van der Waals surface area (Å²) in [5, 5.41) is 5.56. The van der Waals surface area contributed by atoms with Gasteiger partial charge in [0.25, 0.3) is 0 Å². The third kappa shape index (κ3) is 4.37. The lowest BCUT2D eigenvalue weighted by atomic mass is 9.95. The van der Waals surface area contributed by atoms with Gasteiger partial charge in [-0.2, -0.15) is 0 Å². The first kappa shape index (κ1) is 16.2. The number of hydrogen-bond acceptors (Lipinski definition) is 2. The molecule has 0 bridgehead atoms. The van der Waals surface area contributed by atoms with E-state index in [9.17, 15) is 9.59 Å². The van der Waals surface area contributed by atoms with E-state index in [0.29, 0.717) is 0 Å². The van der Waals surface area contributed by atoms with E-state index in [2.05, 4.69) is 10.6 Å². The molecule has 0 spiro atoms. The van der Waals surface area contributed by atoms with Crippen LogP contribution < -0.4 is 10.6 Å². The van der Waals surface area contributed by atoms with Crippen molar-refractivity contribution in [2.45, 2.75) is 47.6 Å². The largest absolute Gasteiger partial charge is 0.344 e. The zero-order valence-corrected chi connectivity index (χ0v) is 13.1. The quantitative estimate of drug-likeness (QED) is 0.892. The van der Waals surface area contributed by atoms with Crippen LogP contribution in [-0.2, 0) is 9.59 Å². The number of anilines is 1. The molecule has 110 valence electrons. The van der Waals surface area contributed by atoms with Crippen molar-refractivity contribution in [2.75, 3.05) is 5.32 Å². The molecule has 0 aliphatic heterocycles. The molecule has 0 radical (unpaired) electrons. The molecular formula is C16H24N2O2. The maximum absolute atomic E-state index is 12.1. The van der Waals surface area contributed by atoms with Crippen LogP contribution in [0.1, 0.15) is 38.8 Å². The molecule has 20 heavy (non-hydrogen) atoms. The molecule has 4 nitrogen and oxygen atoms in total. The van der Waals surface area contributed by atoms with Crippen LogP contribution in [0.4, 0.5) is 5.69 Å². The molecule has 0 aliphatic rings. The van der Waals surface area contributed by atoms with Gasteiger partial charge in [0.1, 0.15) is 6.04 Å². The highest BCUT2D eigenvalue weighted by atomic mass is 16.2. The van der Waals surface area contributed by atoms with Crippen LogP contribution in [-0.4, -0.2) is 17.9 Å². The summed E-state index contributed by atoms with van der Waals surface area (Å²) in [5.41, 5.74) is 2.42. The van der Waals surface area contributed by atoms with Gasteiger partial charge in [0, 0.05) is 11.1 Å². The molecule has 0 fully saturated rings. The minimum atomic E-state index is -0.567. The third-order valence-electron chi connectivity index (χ3n) is 3.06. The minimum absolute atomic E-state index is 0.138. The number of hydrogen-bond donors (Lipinski definition) is 2. The Bertz CT molecular complexity index is 516. The lowest BCUT2D eigenvalue weighted by Crippen LogP contribution is -2.46. The molecule has 1 rings (SSSR count). The van der Waals surface area contributed by atoms with Crippen molar-refractivity contribution in [1.82, 2.24) is 5.32 Å². The first-order valence-electron chi connectivity index (χ1n) is 6.80. The number of aryl methyl sites for hydroxylation is 2. The number of benzene rings is 1.